The van der Waals surface area contributed by atoms with Crippen molar-refractivity contribution in [2.24, 2.45) is 0 Å². The van der Waals surface area contributed by atoms with Crippen LogP contribution in [0.15, 0.2) is 54.6 Å². The van der Waals surface area contributed by atoms with Crippen molar-refractivity contribution in [2.45, 2.75) is 20.0 Å². The van der Waals surface area contributed by atoms with E-state index in [4.69, 9.17) is 4.74 Å². The van der Waals surface area contributed by atoms with Crippen LogP contribution in [0.5, 0.6) is 5.75 Å². The summed E-state index contributed by atoms with van der Waals surface area (Å²) < 4.78 is 18.9. The number of carbonyl (C=O) groups is 2. The molecule has 0 fully saturated rings. The maximum absolute atomic E-state index is 13.3. The van der Waals surface area contributed by atoms with Crippen molar-refractivity contribution in [1.29, 1.82) is 0 Å². The molecule has 0 radical (unpaired) electrons. The Bertz CT molecular complexity index is 894. The van der Waals surface area contributed by atoms with Crippen LogP contribution < -0.4 is 15.0 Å². The second-order valence-electron chi connectivity index (χ2n) is 6.29. The number of fused-ring (bicyclic) bond motifs is 1. The smallest absolute Gasteiger partial charge is 0.268 e. The van der Waals surface area contributed by atoms with Gasteiger partial charge in [-0.1, -0.05) is 18.2 Å². The van der Waals surface area contributed by atoms with Crippen molar-refractivity contribution in [3.8, 4) is 5.75 Å². The molecule has 134 valence electrons. The average Bonchev–Trinajstić information content (AvgIpc) is 2.59. The molecular formula is C20H19FN2O3. The topological polar surface area (TPSA) is 58.6 Å². The zero-order chi connectivity index (χ0) is 18.8. The molecule has 0 saturated heterocycles. The van der Waals surface area contributed by atoms with Gasteiger partial charge in [0.2, 0.25) is 0 Å². The third kappa shape index (κ3) is 3.59. The van der Waals surface area contributed by atoms with Crippen LogP contribution in [0.2, 0.25) is 0 Å². The second kappa shape index (κ2) is 7.00. The number of amides is 2. The van der Waals surface area contributed by atoms with E-state index in [1.54, 1.807) is 30.0 Å². The predicted octanol–water partition coefficient (Wildman–Crippen LogP) is 3.77. The van der Waals surface area contributed by atoms with Gasteiger partial charge in [-0.05, 0) is 50.2 Å². The summed E-state index contributed by atoms with van der Waals surface area (Å²) in [6.07, 6.45) is -0.588. The normalized spacial score (nSPS) is 15.9. The maximum Gasteiger partial charge on any atom is 0.268 e. The minimum Gasteiger partial charge on any atom is -0.479 e. The fourth-order valence-corrected chi connectivity index (χ4v) is 2.75. The molecule has 1 heterocycles. The number of nitrogens with one attached hydrogen (secondary N) is 1. The van der Waals surface area contributed by atoms with E-state index in [9.17, 15) is 14.0 Å². The van der Waals surface area contributed by atoms with Gasteiger partial charge in [0.05, 0.1) is 5.69 Å². The fourth-order valence-electron chi connectivity index (χ4n) is 2.75. The fraction of sp³-hybridized carbons (Fsp3) is 0.200. The summed E-state index contributed by atoms with van der Waals surface area (Å²) in [5, 5.41) is 2.71. The first-order valence-electron chi connectivity index (χ1n) is 8.18. The van der Waals surface area contributed by atoms with E-state index >= 15 is 0 Å². The Hall–Kier alpha value is -3.15. The molecule has 26 heavy (non-hydrogen) atoms. The standard InChI is InChI=1S/C20H19FN2O3/c1-12(2)11-23-17-10-16(7-8-18(17)26-13(3)20(23)25)22-19(24)14-5-4-6-15(21)9-14/h4-10,13H,1,11H2,2-3H3,(H,22,24). The Balaban J connectivity index is 1.89. The first-order valence-corrected chi connectivity index (χ1v) is 8.18. The van der Waals surface area contributed by atoms with E-state index < -0.39 is 17.8 Å². The van der Waals surface area contributed by atoms with Crippen LogP contribution in [0.3, 0.4) is 0 Å². The van der Waals surface area contributed by atoms with Gasteiger partial charge >= 0.3 is 0 Å². The zero-order valence-electron chi connectivity index (χ0n) is 14.6. The molecule has 3 rings (SSSR count). The van der Waals surface area contributed by atoms with Crippen molar-refractivity contribution >= 4 is 23.2 Å². The highest BCUT2D eigenvalue weighted by molar-refractivity contribution is 6.05. The van der Waals surface area contributed by atoms with E-state index in [-0.39, 0.29) is 11.5 Å². The van der Waals surface area contributed by atoms with Crippen molar-refractivity contribution in [3.63, 3.8) is 0 Å². The summed E-state index contributed by atoms with van der Waals surface area (Å²) in [5.41, 5.74) is 2.08. The molecule has 6 heteroatoms. The lowest BCUT2D eigenvalue weighted by atomic mass is 10.1. The van der Waals surface area contributed by atoms with Crippen LogP contribution in [0, 0.1) is 5.82 Å². The number of anilines is 2. The number of nitrogens with zero attached hydrogens (tertiary/aromatic N) is 1. The summed E-state index contributed by atoms with van der Waals surface area (Å²) in [6, 6.07) is 10.5. The van der Waals surface area contributed by atoms with E-state index in [1.165, 1.54) is 18.2 Å². The number of carbonyl (C=O) groups excluding carboxylic acids is 2. The monoisotopic (exact) mass is 354 g/mol. The number of benzene rings is 2. The van der Waals surface area contributed by atoms with Crippen LogP contribution in [-0.2, 0) is 4.79 Å². The van der Waals surface area contributed by atoms with E-state index in [1.807, 2.05) is 6.92 Å². The van der Waals surface area contributed by atoms with Gasteiger partial charge in [-0.2, -0.15) is 0 Å². The van der Waals surface area contributed by atoms with Crippen LogP contribution in [0.4, 0.5) is 15.8 Å². The molecule has 0 bridgehead atoms. The molecular weight excluding hydrogens is 335 g/mol. The third-order valence-electron chi connectivity index (χ3n) is 3.94. The lowest BCUT2D eigenvalue weighted by molar-refractivity contribution is -0.125. The van der Waals surface area contributed by atoms with E-state index in [0.29, 0.717) is 23.7 Å². The van der Waals surface area contributed by atoms with Crippen molar-refractivity contribution < 1.29 is 18.7 Å². The largest absolute Gasteiger partial charge is 0.479 e. The predicted molar refractivity (Wildman–Crippen MR) is 98.1 cm³/mol. The molecule has 0 spiro atoms. The van der Waals surface area contributed by atoms with Gasteiger partial charge in [0.1, 0.15) is 11.6 Å². The van der Waals surface area contributed by atoms with Crippen molar-refractivity contribution in [2.75, 3.05) is 16.8 Å². The SMILES string of the molecule is C=C(C)CN1C(=O)C(C)Oc2ccc(NC(=O)c3cccc(F)c3)cc21. The quantitative estimate of drug-likeness (QED) is 0.851. The molecule has 1 aliphatic heterocycles. The molecule has 0 aliphatic carbocycles. The van der Waals surface area contributed by atoms with Gasteiger partial charge in [0, 0.05) is 17.8 Å². The van der Waals surface area contributed by atoms with Gasteiger partial charge in [-0.15, -0.1) is 0 Å². The lowest BCUT2D eigenvalue weighted by Gasteiger charge is -2.33. The number of halogens is 1. The highest BCUT2D eigenvalue weighted by Gasteiger charge is 2.31. The molecule has 0 saturated carbocycles. The first kappa shape index (κ1) is 17.7. The Kier molecular flexibility index (Phi) is 4.75. The zero-order valence-corrected chi connectivity index (χ0v) is 14.6. The van der Waals surface area contributed by atoms with E-state index in [0.717, 1.165) is 11.6 Å². The third-order valence-corrected chi connectivity index (χ3v) is 3.94. The van der Waals surface area contributed by atoms with Gasteiger partial charge in [-0.25, -0.2) is 4.39 Å². The maximum atomic E-state index is 13.3. The molecule has 1 aliphatic rings. The van der Waals surface area contributed by atoms with Gasteiger partial charge in [0.25, 0.3) is 11.8 Å². The van der Waals surface area contributed by atoms with Gasteiger partial charge < -0.3 is 15.0 Å². The number of rotatable bonds is 4. The summed E-state index contributed by atoms with van der Waals surface area (Å²) in [5.74, 6) is -0.535. The highest BCUT2D eigenvalue weighted by atomic mass is 19.1. The number of ether oxygens (including phenoxy) is 1. The van der Waals surface area contributed by atoms with Crippen molar-refractivity contribution in [3.05, 3.63) is 66.0 Å². The summed E-state index contributed by atoms with van der Waals surface area (Å²) in [7, 11) is 0. The minimum absolute atomic E-state index is 0.172. The van der Waals surface area contributed by atoms with Crippen LogP contribution in [0.25, 0.3) is 0 Å². The lowest BCUT2D eigenvalue weighted by Crippen LogP contribution is -2.45. The first-order chi connectivity index (χ1) is 12.3. The molecule has 1 N–H and O–H groups in total. The molecule has 1 unspecified atom stereocenters. The van der Waals surface area contributed by atoms with Gasteiger partial charge in [-0.3, -0.25) is 9.59 Å². The Morgan fingerprint density at radius 1 is 1.31 bits per heavy atom. The van der Waals surface area contributed by atoms with E-state index in [2.05, 4.69) is 11.9 Å². The Labute approximate surface area is 151 Å². The Morgan fingerprint density at radius 2 is 2.08 bits per heavy atom. The molecule has 1 atom stereocenters. The van der Waals surface area contributed by atoms with Crippen LogP contribution >= 0.6 is 0 Å². The molecule has 2 aromatic carbocycles. The summed E-state index contributed by atoms with van der Waals surface area (Å²) in [4.78, 5) is 26.3. The number of hydrogen-bond acceptors (Lipinski definition) is 3. The van der Waals surface area contributed by atoms with Crippen molar-refractivity contribution in [1.82, 2.24) is 0 Å². The number of hydrogen-bond donors (Lipinski definition) is 1. The summed E-state index contributed by atoms with van der Waals surface area (Å²) >= 11 is 0. The molecule has 2 amide bonds. The second-order valence-corrected chi connectivity index (χ2v) is 6.29. The molecule has 5 nitrogen and oxygen atoms in total. The molecule has 0 aromatic heterocycles. The average molecular weight is 354 g/mol. The van der Waals surface area contributed by atoms with Crippen LogP contribution in [-0.4, -0.2) is 24.5 Å². The van der Waals surface area contributed by atoms with Crippen LogP contribution in [0.1, 0.15) is 24.2 Å². The highest BCUT2D eigenvalue weighted by Crippen LogP contribution is 2.36. The molecule has 2 aromatic rings. The summed E-state index contributed by atoms with van der Waals surface area (Å²) in [6.45, 7) is 7.75. The Morgan fingerprint density at radius 3 is 2.77 bits per heavy atom. The minimum atomic E-state index is -0.588. The van der Waals surface area contributed by atoms with Gasteiger partial charge in [0.15, 0.2) is 6.10 Å².